The number of aromatic nitrogens is 3. The molecule has 0 amide bonds. The molecule has 27 heavy (non-hydrogen) atoms. The molecule has 0 unspecified atom stereocenters. The van der Waals surface area contributed by atoms with Crippen molar-refractivity contribution in [3.63, 3.8) is 0 Å². The van der Waals surface area contributed by atoms with Gasteiger partial charge >= 0.3 is 5.56 Å². The number of nitrogens with two attached hydrogens (primary N) is 1. The molecule has 3 aromatic rings. The van der Waals surface area contributed by atoms with Crippen LogP contribution in [0, 0.1) is 0 Å². The summed E-state index contributed by atoms with van der Waals surface area (Å²) in [6.45, 7) is 0. The molecular weight excluding hydrogens is 366 g/mol. The van der Waals surface area contributed by atoms with Gasteiger partial charge in [0.05, 0.1) is 19.9 Å². The standard InChI is InChI=1S/C18H19N5O3S/c1-25-13-8-9-15(26-2)14(10-13)20-16-17(24)23(19)18(22-21-16)27-11-12-6-4-3-5-7-12/h3-10H,11,19H2,1-2H3,(H,20,21). The van der Waals surface area contributed by atoms with Crippen LogP contribution in [0.15, 0.2) is 58.5 Å². The van der Waals surface area contributed by atoms with Gasteiger partial charge in [-0.25, -0.2) is 0 Å². The van der Waals surface area contributed by atoms with Gasteiger partial charge in [-0.1, -0.05) is 42.1 Å². The van der Waals surface area contributed by atoms with E-state index in [9.17, 15) is 4.79 Å². The molecule has 9 heteroatoms. The third-order valence-corrected chi connectivity index (χ3v) is 4.75. The van der Waals surface area contributed by atoms with E-state index in [2.05, 4.69) is 15.5 Å². The van der Waals surface area contributed by atoms with Crippen LogP contribution in [-0.2, 0) is 5.75 Å². The monoisotopic (exact) mass is 385 g/mol. The Labute approximate surface area is 160 Å². The van der Waals surface area contributed by atoms with Crippen LogP contribution < -0.4 is 26.2 Å². The zero-order valence-electron chi connectivity index (χ0n) is 14.9. The van der Waals surface area contributed by atoms with E-state index in [1.54, 1.807) is 25.3 Å². The van der Waals surface area contributed by atoms with Crippen molar-refractivity contribution < 1.29 is 9.47 Å². The van der Waals surface area contributed by atoms with Crippen molar-refractivity contribution in [3.8, 4) is 11.5 Å². The van der Waals surface area contributed by atoms with E-state index in [0.29, 0.717) is 28.1 Å². The highest BCUT2D eigenvalue weighted by molar-refractivity contribution is 7.98. The van der Waals surface area contributed by atoms with Gasteiger partial charge in [-0.2, -0.15) is 4.68 Å². The number of nitrogen functional groups attached to an aromatic ring is 1. The Morgan fingerprint density at radius 3 is 2.59 bits per heavy atom. The molecular formula is C18H19N5O3S. The molecule has 140 valence electrons. The lowest BCUT2D eigenvalue weighted by Crippen LogP contribution is -2.32. The highest BCUT2D eigenvalue weighted by atomic mass is 32.2. The van der Waals surface area contributed by atoms with E-state index in [1.807, 2.05) is 30.3 Å². The maximum atomic E-state index is 12.5. The summed E-state index contributed by atoms with van der Waals surface area (Å²) in [7, 11) is 3.08. The molecule has 0 aliphatic heterocycles. The SMILES string of the molecule is COc1ccc(OC)c(Nc2nnc(SCc3ccccc3)n(N)c2=O)c1. The quantitative estimate of drug-likeness (QED) is 0.472. The fourth-order valence-electron chi connectivity index (χ4n) is 2.32. The normalized spacial score (nSPS) is 10.4. The Balaban J connectivity index is 1.82. The summed E-state index contributed by atoms with van der Waals surface area (Å²) in [6, 6.07) is 15.0. The second-order valence-electron chi connectivity index (χ2n) is 5.47. The molecule has 2 aromatic carbocycles. The van der Waals surface area contributed by atoms with Gasteiger partial charge in [0.25, 0.3) is 0 Å². The van der Waals surface area contributed by atoms with Crippen LogP contribution in [0.5, 0.6) is 11.5 Å². The average molecular weight is 385 g/mol. The van der Waals surface area contributed by atoms with Crippen molar-refractivity contribution >= 4 is 23.3 Å². The van der Waals surface area contributed by atoms with Crippen molar-refractivity contribution in [1.29, 1.82) is 0 Å². The highest BCUT2D eigenvalue weighted by Crippen LogP contribution is 2.30. The topological polar surface area (TPSA) is 104 Å². The molecule has 0 saturated heterocycles. The molecule has 0 fully saturated rings. The van der Waals surface area contributed by atoms with Crippen LogP contribution in [-0.4, -0.2) is 29.1 Å². The van der Waals surface area contributed by atoms with E-state index in [-0.39, 0.29) is 5.82 Å². The fraction of sp³-hybridized carbons (Fsp3) is 0.167. The maximum Gasteiger partial charge on any atom is 0.315 e. The number of nitrogens with zero attached hydrogens (tertiary/aromatic N) is 3. The predicted octanol–water partition coefficient (Wildman–Crippen LogP) is 2.41. The van der Waals surface area contributed by atoms with Gasteiger partial charge in [0.2, 0.25) is 11.0 Å². The lowest BCUT2D eigenvalue weighted by atomic mass is 10.2. The molecule has 0 saturated carbocycles. The average Bonchev–Trinajstić information content (AvgIpc) is 2.71. The Bertz CT molecular complexity index is 978. The number of thioether (sulfide) groups is 1. The minimum atomic E-state index is -0.495. The lowest BCUT2D eigenvalue weighted by Gasteiger charge is -2.12. The Morgan fingerprint density at radius 2 is 1.89 bits per heavy atom. The fourth-order valence-corrected chi connectivity index (χ4v) is 3.13. The molecule has 1 heterocycles. The van der Waals surface area contributed by atoms with Crippen LogP contribution in [0.3, 0.4) is 0 Å². The number of ether oxygens (including phenoxy) is 2. The van der Waals surface area contributed by atoms with E-state index < -0.39 is 5.56 Å². The molecule has 8 nitrogen and oxygen atoms in total. The van der Waals surface area contributed by atoms with Crippen molar-refractivity contribution in [2.45, 2.75) is 10.9 Å². The second-order valence-corrected chi connectivity index (χ2v) is 6.41. The van der Waals surface area contributed by atoms with Gasteiger partial charge in [-0.3, -0.25) is 4.79 Å². The van der Waals surface area contributed by atoms with Crippen molar-refractivity contribution in [2.24, 2.45) is 0 Å². The number of rotatable bonds is 7. The van der Waals surface area contributed by atoms with Crippen LogP contribution in [0.25, 0.3) is 0 Å². The summed E-state index contributed by atoms with van der Waals surface area (Å²) < 4.78 is 11.5. The van der Waals surface area contributed by atoms with Gasteiger partial charge < -0.3 is 20.6 Å². The third-order valence-electron chi connectivity index (χ3n) is 3.73. The Morgan fingerprint density at radius 1 is 1.11 bits per heavy atom. The zero-order valence-corrected chi connectivity index (χ0v) is 15.7. The van der Waals surface area contributed by atoms with Gasteiger partial charge in [0.15, 0.2) is 0 Å². The van der Waals surface area contributed by atoms with Gasteiger partial charge in [0, 0.05) is 11.8 Å². The lowest BCUT2D eigenvalue weighted by molar-refractivity contribution is 0.405. The number of nitrogens with one attached hydrogen (secondary N) is 1. The number of benzene rings is 2. The van der Waals surface area contributed by atoms with Gasteiger partial charge in [0.1, 0.15) is 11.5 Å². The van der Waals surface area contributed by atoms with Crippen LogP contribution in [0.2, 0.25) is 0 Å². The highest BCUT2D eigenvalue weighted by Gasteiger charge is 2.13. The zero-order chi connectivity index (χ0) is 19.2. The smallest absolute Gasteiger partial charge is 0.315 e. The molecule has 0 spiro atoms. The van der Waals surface area contributed by atoms with Gasteiger partial charge in [-0.05, 0) is 17.7 Å². The minimum absolute atomic E-state index is 0.00638. The van der Waals surface area contributed by atoms with Crippen molar-refractivity contribution in [3.05, 3.63) is 64.4 Å². The maximum absolute atomic E-state index is 12.5. The summed E-state index contributed by atoms with van der Waals surface area (Å²) in [5, 5.41) is 11.3. The van der Waals surface area contributed by atoms with Crippen LogP contribution in [0.1, 0.15) is 5.56 Å². The summed E-state index contributed by atoms with van der Waals surface area (Å²) in [5.41, 5.74) is 1.12. The first-order valence-corrected chi connectivity index (χ1v) is 9.01. The molecule has 0 atom stereocenters. The molecule has 3 N–H and O–H groups in total. The molecule has 3 rings (SSSR count). The number of hydrogen-bond donors (Lipinski definition) is 2. The van der Waals surface area contributed by atoms with E-state index in [0.717, 1.165) is 10.2 Å². The molecule has 0 aliphatic rings. The van der Waals surface area contributed by atoms with Crippen LogP contribution in [0.4, 0.5) is 11.5 Å². The molecule has 1 aromatic heterocycles. The van der Waals surface area contributed by atoms with Crippen molar-refractivity contribution in [2.75, 3.05) is 25.4 Å². The Kier molecular flexibility index (Phi) is 5.82. The minimum Gasteiger partial charge on any atom is -0.497 e. The van der Waals surface area contributed by atoms with E-state index in [1.165, 1.54) is 18.9 Å². The van der Waals surface area contributed by atoms with E-state index >= 15 is 0 Å². The first-order valence-electron chi connectivity index (χ1n) is 8.03. The molecule has 0 bridgehead atoms. The van der Waals surface area contributed by atoms with Crippen molar-refractivity contribution in [1.82, 2.24) is 14.9 Å². The summed E-state index contributed by atoms with van der Waals surface area (Å²) in [4.78, 5) is 12.5. The van der Waals surface area contributed by atoms with Gasteiger partial charge in [-0.15, -0.1) is 10.2 Å². The summed E-state index contributed by atoms with van der Waals surface area (Å²) >= 11 is 1.33. The molecule has 0 aliphatic carbocycles. The number of methoxy groups -OCH3 is 2. The first kappa shape index (κ1) is 18.6. The summed E-state index contributed by atoms with van der Waals surface area (Å²) in [5.74, 6) is 7.67. The first-order chi connectivity index (χ1) is 13.1. The Hall–Kier alpha value is -3.20. The predicted molar refractivity (Wildman–Crippen MR) is 105 cm³/mol. The molecule has 0 radical (unpaired) electrons. The number of hydrogen-bond acceptors (Lipinski definition) is 8. The van der Waals surface area contributed by atoms with Crippen LogP contribution >= 0.6 is 11.8 Å². The summed E-state index contributed by atoms with van der Waals surface area (Å²) in [6.07, 6.45) is 0. The second kappa shape index (κ2) is 8.45. The third kappa shape index (κ3) is 4.32. The van der Waals surface area contributed by atoms with E-state index in [4.69, 9.17) is 15.3 Å². The number of anilines is 2. The largest absolute Gasteiger partial charge is 0.497 e.